The molecule has 1 fully saturated rings. The molecule has 118 valence electrons. The summed E-state index contributed by atoms with van der Waals surface area (Å²) in [7, 11) is 0. The lowest BCUT2D eigenvalue weighted by Gasteiger charge is -2.35. The number of epoxide rings is 1. The highest BCUT2D eigenvalue weighted by atomic mass is 19.4. The zero-order valence-corrected chi connectivity index (χ0v) is 11.4. The number of carbonyl (C=O) groups is 2. The molecule has 2 atom stereocenters. The molecule has 5 nitrogen and oxygen atoms in total. The zero-order valence-electron chi connectivity index (χ0n) is 11.4. The Hall–Kier alpha value is -2.09. The van der Waals surface area contributed by atoms with E-state index in [0.29, 0.717) is 23.5 Å². The summed E-state index contributed by atoms with van der Waals surface area (Å²) in [4.78, 5) is 24.0. The largest absolute Gasteiger partial charge is 0.471 e. The van der Waals surface area contributed by atoms with Gasteiger partial charge in [-0.05, 0) is 18.1 Å². The van der Waals surface area contributed by atoms with Crippen molar-refractivity contribution in [3.05, 3.63) is 29.8 Å². The molecule has 0 bridgehead atoms. The Morgan fingerprint density at radius 3 is 2.59 bits per heavy atom. The molecule has 2 amide bonds. The summed E-state index contributed by atoms with van der Waals surface area (Å²) in [6.45, 7) is 0.105. The predicted octanol–water partition coefficient (Wildman–Crippen LogP) is 1.02. The standard InChI is InChI=1S/C14H13F3N2O3/c15-14(16,17)13(21)19-6-9(18-12(20)11-7-22-11)5-8-3-1-2-4-10(8)19/h1-4,9,11H,5-7H2,(H,18,20). The number of hydrogen-bond acceptors (Lipinski definition) is 3. The summed E-state index contributed by atoms with van der Waals surface area (Å²) in [5, 5.41) is 2.63. The lowest BCUT2D eigenvalue weighted by Crippen LogP contribution is -2.53. The number of para-hydroxylation sites is 1. The summed E-state index contributed by atoms with van der Waals surface area (Å²) >= 11 is 0. The molecule has 0 aliphatic carbocycles. The van der Waals surface area contributed by atoms with E-state index in [1.54, 1.807) is 18.2 Å². The maximum Gasteiger partial charge on any atom is 0.471 e. The third kappa shape index (κ3) is 2.92. The van der Waals surface area contributed by atoms with Crippen molar-refractivity contribution in [1.29, 1.82) is 0 Å². The smallest absolute Gasteiger partial charge is 0.363 e. The third-order valence-electron chi connectivity index (χ3n) is 3.61. The fourth-order valence-electron chi connectivity index (χ4n) is 2.53. The normalized spacial score (nSPS) is 23.7. The highest BCUT2D eigenvalue weighted by Crippen LogP contribution is 2.31. The number of hydrogen-bond donors (Lipinski definition) is 1. The summed E-state index contributed by atoms with van der Waals surface area (Å²) in [6, 6.07) is 5.81. The molecule has 2 aliphatic rings. The van der Waals surface area contributed by atoms with Crippen LogP contribution in [0.25, 0.3) is 0 Å². The molecular weight excluding hydrogens is 301 g/mol. The number of anilines is 1. The summed E-state index contributed by atoms with van der Waals surface area (Å²) in [6.07, 6.45) is -5.11. The average molecular weight is 314 g/mol. The van der Waals surface area contributed by atoms with E-state index in [2.05, 4.69) is 5.32 Å². The molecule has 2 heterocycles. The minimum absolute atomic E-state index is 0.214. The monoisotopic (exact) mass is 314 g/mol. The highest BCUT2D eigenvalue weighted by molar-refractivity contribution is 5.98. The minimum Gasteiger partial charge on any atom is -0.363 e. The third-order valence-corrected chi connectivity index (χ3v) is 3.61. The van der Waals surface area contributed by atoms with Crippen molar-refractivity contribution in [3.8, 4) is 0 Å². The van der Waals surface area contributed by atoms with Crippen molar-refractivity contribution >= 4 is 17.5 Å². The van der Waals surface area contributed by atoms with Crippen LogP contribution in [0.4, 0.5) is 18.9 Å². The van der Waals surface area contributed by atoms with E-state index in [1.807, 2.05) is 0 Å². The van der Waals surface area contributed by atoms with Gasteiger partial charge in [-0.3, -0.25) is 9.59 Å². The number of alkyl halides is 3. The van der Waals surface area contributed by atoms with Gasteiger partial charge in [-0.1, -0.05) is 18.2 Å². The lowest BCUT2D eigenvalue weighted by atomic mass is 9.97. The van der Waals surface area contributed by atoms with E-state index in [-0.39, 0.29) is 18.1 Å². The number of nitrogens with zero attached hydrogens (tertiary/aromatic N) is 1. The fourth-order valence-corrected chi connectivity index (χ4v) is 2.53. The molecule has 0 radical (unpaired) electrons. The van der Waals surface area contributed by atoms with Crippen LogP contribution in [-0.2, 0) is 20.7 Å². The Balaban J connectivity index is 1.84. The van der Waals surface area contributed by atoms with Crippen molar-refractivity contribution in [1.82, 2.24) is 5.32 Å². The van der Waals surface area contributed by atoms with E-state index in [9.17, 15) is 22.8 Å². The first-order valence-corrected chi connectivity index (χ1v) is 6.75. The van der Waals surface area contributed by atoms with Crippen molar-refractivity contribution in [2.75, 3.05) is 18.1 Å². The Kier molecular flexibility index (Phi) is 3.56. The maximum absolute atomic E-state index is 12.8. The van der Waals surface area contributed by atoms with E-state index >= 15 is 0 Å². The SMILES string of the molecule is O=C(NC1Cc2ccccc2N(C(=O)C(F)(F)F)C1)C1CO1. The topological polar surface area (TPSA) is 61.9 Å². The molecule has 1 N–H and O–H groups in total. The molecule has 1 aromatic rings. The molecule has 2 aliphatic heterocycles. The molecule has 22 heavy (non-hydrogen) atoms. The summed E-state index contributed by atoms with van der Waals surface area (Å²) < 4.78 is 43.1. The van der Waals surface area contributed by atoms with Gasteiger partial charge < -0.3 is 15.0 Å². The van der Waals surface area contributed by atoms with Crippen molar-refractivity contribution in [2.24, 2.45) is 0 Å². The first kappa shape index (κ1) is 14.8. The average Bonchev–Trinajstić information content (AvgIpc) is 3.29. The number of fused-ring (bicyclic) bond motifs is 1. The van der Waals surface area contributed by atoms with Crippen LogP contribution in [0.2, 0.25) is 0 Å². The van der Waals surface area contributed by atoms with Gasteiger partial charge in [-0.15, -0.1) is 0 Å². The first-order chi connectivity index (χ1) is 10.4. The van der Waals surface area contributed by atoms with Gasteiger partial charge in [0.2, 0.25) is 0 Å². The van der Waals surface area contributed by atoms with E-state index in [1.165, 1.54) is 6.07 Å². The molecule has 2 unspecified atom stereocenters. The second-order valence-electron chi connectivity index (χ2n) is 5.27. The van der Waals surface area contributed by atoms with Crippen molar-refractivity contribution < 1.29 is 27.5 Å². The molecule has 0 aromatic heterocycles. The van der Waals surface area contributed by atoms with Gasteiger partial charge in [0.05, 0.1) is 12.6 Å². The second kappa shape index (κ2) is 5.28. The minimum atomic E-state index is -4.96. The van der Waals surface area contributed by atoms with Gasteiger partial charge in [-0.2, -0.15) is 13.2 Å². The molecular formula is C14H13F3N2O3. The molecule has 8 heteroatoms. The maximum atomic E-state index is 12.8. The van der Waals surface area contributed by atoms with E-state index in [4.69, 9.17) is 4.74 Å². The van der Waals surface area contributed by atoms with Gasteiger partial charge in [0.15, 0.2) is 6.10 Å². The Morgan fingerprint density at radius 2 is 1.95 bits per heavy atom. The number of rotatable bonds is 2. The van der Waals surface area contributed by atoms with Gasteiger partial charge in [0.25, 0.3) is 5.91 Å². The molecule has 3 rings (SSSR count). The van der Waals surface area contributed by atoms with Crippen LogP contribution < -0.4 is 10.2 Å². The quantitative estimate of drug-likeness (QED) is 0.829. The van der Waals surface area contributed by atoms with Gasteiger partial charge in [-0.25, -0.2) is 0 Å². The van der Waals surface area contributed by atoms with Crippen LogP contribution in [0.1, 0.15) is 5.56 Å². The van der Waals surface area contributed by atoms with Crippen molar-refractivity contribution in [3.63, 3.8) is 0 Å². The number of nitrogens with one attached hydrogen (secondary N) is 1. The predicted molar refractivity (Wildman–Crippen MR) is 70.2 cm³/mol. The lowest BCUT2D eigenvalue weighted by molar-refractivity contribution is -0.170. The second-order valence-corrected chi connectivity index (χ2v) is 5.27. The van der Waals surface area contributed by atoms with Gasteiger partial charge >= 0.3 is 12.1 Å². The molecule has 1 aromatic carbocycles. The van der Waals surface area contributed by atoms with Crippen LogP contribution >= 0.6 is 0 Å². The number of amides is 2. The Morgan fingerprint density at radius 1 is 1.27 bits per heavy atom. The Bertz CT molecular complexity index is 614. The summed E-state index contributed by atoms with van der Waals surface area (Å²) in [5.74, 6) is -2.29. The zero-order chi connectivity index (χ0) is 15.9. The molecule has 0 saturated carbocycles. The van der Waals surface area contributed by atoms with Crippen LogP contribution in [0.5, 0.6) is 0 Å². The number of ether oxygens (including phenoxy) is 1. The van der Waals surface area contributed by atoms with Crippen LogP contribution in [-0.4, -0.2) is 43.3 Å². The first-order valence-electron chi connectivity index (χ1n) is 6.75. The molecule has 0 spiro atoms. The van der Waals surface area contributed by atoms with Gasteiger partial charge in [0, 0.05) is 12.2 Å². The van der Waals surface area contributed by atoms with E-state index in [0.717, 1.165) is 0 Å². The fraction of sp³-hybridized carbons (Fsp3) is 0.429. The van der Waals surface area contributed by atoms with Crippen LogP contribution in [0.3, 0.4) is 0 Å². The Labute approximate surface area is 124 Å². The van der Waals surface area contributed by atoms with E-state index < -0.39 is 24.2 Å². The number of halogens is 3. The number of carbonyl (C=O) groups excluding carboxylic acids is 2. The molecule has 1 saturated heterocycles. The van der Waals surface area contributed by atoms with Crippen molar-refractivity contribution in [2.45, 2.75) is 24.7 Å². The number of benzene rings is 1. The van der Waals surface area contributed by atoms with Crippen LogP contribution in [0, 0.1) is 0 Å². The van der Waals surface area contributed by atoms with Gasteiger partial charge in [0.1, 0.15) is 0 Å². The summed E-state index contributed by atoms with van der Waals surface area (Å²) in [5.41, 5.74) is 0.825. The highest BCUT2D eigenvalue weighted by Gasteiger charge is 2.45. The van der Waals surface area contributed by atoms with Crippen LogP contribution in [0.15, 0.2) is 24.3 Å².